The molecular weight excluding hydrogens is 122 g/mol. The third kappa shape index (κ3) is 1.49. The van der Waals surface area contributed by atoms with Gasteiger partial charge in [0.05, 0.1) is 5.50 Å². The lowest BCUT2D eigenvalue weighted by molar-refractivity contribution is 0.567. The number of hydrogen-bond acceptors (Lipinski definition) is 1. The zero-order chi connectivity index (χ0) is 5.98. The Balaban J connectivity index is 2.29. The minimum Gasteiger partial charge on any atom is -0.298 e. The van der Waals surface area contributed by atoms with Gasteiger partial charge >= 0.3 is 0 Å². The minimum absolute atomic E-state index is 0.181. The zero-order valence-electron chi connectivity index (χ0n) is 4.78. The summed E-state index contributed by atoms with van der Waals surface area (Å²) in [5, 5.41) is 3.10. The van der Waals surface area contributed by atoms with Gasteiger partial charge < -0.3 is 0 Å². The van der Waals surface area contributed by atoms with Crippen molar-refractivity contribution in [2.75, 3.05) is 6.54 Å². The van der Waals surface area contributed by atoms with Crippen LogP contribution in [0.3, 0.4) is 0 Å². The summed E-state index contributed by atoms with van der Waals surface area (Å²) in [4.78, 5) is 0. The van der Waals surface area contributed by atoms with Crippen molar-refractivity contribution >= 4 is 11.6 Å². The first-order valence-corrected chi connectivity index (χ1v) is 3.27. The lowest BCUT2D eigenvalue weighted by Gasteiger charge is -2.18. The van der Waals surface area contributed by atoms with Gasteiger partial charge in [-0.15, -0.1) is 11.6 Å². The summed E-state index contributed by atoms with van der Waals surface area (Å²) in [7, 11) is 0. The molecule has 1 saturated heterocycles. The molecule has 46 valence electrons. The van der Waals surface area contributed by atoms with Crippen molar-refractivity contribution in [1.82, 2.24) is 5.32 Å². The van der Waals surface area contributed by atoms with E-state index in [-0.39, 0.29) is 5.50 Å². The molecule has 1 fully saturated rings. The molecule has 0 aromatic carbocycles. The fraction of sp³-hybridized carbons (Fsp3) is 0.667. The van der Waals surface area contributed by atoms with Gasteiger partial charge in [-0.25, -0.2) is 0 Å². The summed E-state index contributed by atoms with van der Waals surface area (Å²) in [6.45, 7) is 4.72. The van der Waals surface area contributed by atoms with Gasteiger partial charge in [-0.3, -0.25) is 5.32 Å². The van der Waals surface area contributed by atoms with E-state index in [1.165, 1.54) is 5.57 Å². The van der Waals surface area contributed by atoms with E-state index < -0.39 is 0 Å². The fourth-order valence-corrected chi connectivity index (χ4v) is 0.963. The fourth-order valence-electron chi connectivity index (χ4n) is 0.776. The average molecular weight is 132 g/mol. The second-order valence-corrected chi connectivity index (χ2v) is 2.66. The Bertz CT molecular complexity index is 90.7. The molecule has 2 heteroatoms. The number of alkyl halides is 1. The molecule has 0 radical (unpaired) electrons. The highest BCUT2D eigenvalue weighted by Gasteiger charge is 2.09. The summed E-state index contributed by atoms with van der Waals surface area (Å²) >= 11 is 5.73. The maximum Gasteiger partial charge on any atom is 0.0831 e. The second-order valence-electron chi connectivity index (χ2n) is 2.14. The molecule has 1 atom stereocenters. The Hall–Kier alpha value is -0.0100. The zero-order valence-corrected chi connectivity index (χ0v) is 5.54. The largest absolute Gasteiger partial charge is 0.298 e. The van der Waals surface area contributed by atoms with Crippen LogP contribution in [0.25, 0.3) is 0 Å². The van der Waals surface area contributed by atoms with Crippen molar-refractivity contribution in [3.63, 3.8) is 0 Å². The van der Waals surface area contributed by atoms with E-state index in [2.05, 4.69) is 11.9 Å². The van der Waals surface area contributed by atoms with Crippen LogP contribution in [-0.2, 0) is 0 Å². The van der Waals surface area contributed by atoms with Crippen molar-refractivity contribution in [2.45, 2.75) is 18.3 Å². The smallest absolute Gasteiger partial charge is 0.0831 e. The Labute approximate surface area is 54.7 Å². The monoisotopic (exact) mass is 131 g/mol. The third-order valence-electron chi connectivity index (χ3n) is 1.32. The molecule has 1 heterocycles. The van der Waals surface area contributed by atoms with Crippen LogP contribution in [0.1, 0.15) is 12.8 Å². The minimum atomic E-state index is 0.181. The molecule has 1 nitrogen and oxygen atoms in total. The van der Waals surface area contributed by atoms with Crippen molar-refractivity contribution in [2.24, 2.45) is 0 Å². The third-order valence-corrected chi connectivity index (χ3v) is 1.70. The second kappa shape index (κ2) is 2.51. The standard InChI is InChI=1S/C6H10ClN/c1-5-2-3-6(7)8-4-5/h6,8H,1-4H2. The maximum atomic E-state index is 5.73. The van der Waals surface area contributed by atoms with Crippen LogP contribution in [0.15, 0.2) is 12.2 Å². The SMILES string of the molecule is C=C1CCC(Cl)NC1. The van der Waals surface area contributed by atoms with Crippen LogP contribution in [0, 0.1) is 0 Å². The van der Waals surface area contributed by atoms with E-state index in [1.54, 1.807) is 0 Å². The van der Waals surface area contributed by atoms with Crippen molar-refractivity contribution in [3.8, 4) is 0 Å². The van der Waals surface area contributed by atoms with Crippen LogP contribution in [-0.4, -0.2) is 12.0 Å². The first kappa shape index (κ1) is 6.12. The topological polar surface area (TPSA) is 12.0 Å². The van der Waals surface area contributed by atoms with Crippen LogP contribution in [0.4, 0.5) is 0 Å². The van der Waals surface area contributed by atoms with Gasteiger partial charge in [0, 0.05) is 6.54 Å². The van der Waals surface area contributed by atoms with E-state index in [4.69, 9.17) is 11.6 Å². The highest BCUT2D eigenvalue weighted by Crippen LogP contribution is 2.12. The van der Waals surface area contributed by atoms with Gasteiger partial charge in [-0.05, 0) is 12.8 Å². The molecule has 0 aliphatic carbocycles. The van der Waals surface area contributed by atoms with Crippen LogP contribution in [0.2, 0.25) is 0 Å². The Kier molecular flexibility index (Phi) is 1.92. The average Bonchev–Trinajstić information content (AvgIpc) is 1.77. The van der Waals surface area contributed by atoms with E-state index in [1.807, 2.05) is 0 Å². The highest BCUT2D eigenvalue weighted by molar-refractivity contribution is 6.20. The molecule has 0 aromatic heterocycles. The molecule has 1 N–H and O–H groups in total. The molecule has 0 aromatic rings. The summed E-state index contributed by atoms with van der Waals surface area (Å²) in [6.07, 6.45) is 2.11. The van der Waals surface area contributed by atoms with Gasteiger partial charge in [0.1, 0.15) is 0 Å². The Morgan fingerprint density at radius 1 is 1.75 bits per heavy atom. The number of nitrogens with one attached hydrogen (secondary N) is 1. The van der Waals surface area contributed by atoms with Gasteiger partial charge in [0.15, 0.2) is 0 Å². The molecule has 0 spiro atoms. The van der Waals surface area contributed by atoms with Crippen LogP contribution in [0.5, 0.6) is 0 Å². The number of piperidine rings is 1. The predicted molar refractivity (Wildman–Crippen MR) is 36.0 cm³/mol. The van der Waals surface area contributed by atoms with Gasteiger partial charge in [-0.2, -0.15) is 0 Å². The Morgan fingerprint density at radius 2 is 2.50 bits per heavy atom. The van der Waals surface area contributed by atoms with Crippen LogP contribution >= 0.6 is 11.6 Å². The van der Waals surface area contributed by atoms with Crippen molar-refractivity contribution in [1.29, 1.82) is 0 Å². The molecule has 1 aliphatic heterocycles. The first-order chi connectivity index (χ1) is 3.79. The molecule has 8 heavy (non-hydrogen) atoms. The number of halogens is 1. The highest BCUT2D eigenvalue weighted by atomic mass is 35.5. The lowest BCUT2D eigenvalue weighted by Crippen LogP contribution is -2.30. The van der Waals surface area contributed by atoms with E-state index >= 15 is 0 Å². The quantitative estimate of drug-likeness (QED) is 0.299. The molecule has 0 saturated carbocycles. The summed E-state index contributed by atoms with van der Waals surface area (Å²) < 4.78 is 0. The molecule has 1 aliphatic rings. The molecule has 0 amide bonds. The first-order valence-electron chi connectivity index (χ1n) is 2.83. The van der Waals surface area contributed by atoms with E-state index in [0.717, 1.165) is 19.4 Å². The van der Waals surface area contributed by atoms with E-state index in [9.17, 15) is 0 Å². The van der Waals surface area contributed by atoms with Gasteiger partial charge in [0.2, 0.25) is 0 Å². The molecule has 1 unspecified atom stereocenters. The lowest BCUT2D eigenvalue weighted by atomic mass is 10.1. The van der Waals surface area contributed by atoms with Gasteiger partial charge in [0.25, 0.3) is 0 Å². The van der Waals surface area contributed by atoms with E-state index in [0.29, 0.717) is 0 Å². The molecular formula is C6H10ClN. The van der Waals surface area contributed by atoms with Crippen molar-refractivity contribution in [3.05, 3.63) is 12.2 Å². The predicted octanol–water partition coefficient (Wildman–Crippen LogP) is 1.49. The van der Waals surface area contributed by atoms with Gasteiger partial charge in [-0.1, -0.05) is 12.2 Å². The number of rotatable bonds is 0. The van der Waals surface area contributed by atoms with Crippen molar-refractivity contribution < 1.29 is 0 Å². The summed E-state index contributed by atoms with van der Waals surface area (Å²) in [6, 6.07) is 0. The molecule has 0 bridgehead atoms. The normalized spacial score (nSPS) is 30.6. The van der Waals surface area contributed by atoms with Crippen LogP contribution < -0.4 is 5.32 Å². The molecule has 1 rings (SSSR count). The summed E-state index contributed by atoms with van der Waals surface area (Å²) in [5.41, 5.74) is 1.45. The summed E-state index contributed by atoms with van der Waals surface area (Å²) in [5.74, 6) is 0. The Morgan fingerprint density at radius 3 is 2.88 bits per heavy atom. The maximum absolute atomic E-state index is 5.73. The number of hydrogen-bond donors (Lipinski definition) is 1.